The number of unbranched alkanes of at least 4 members (excludes halogenated alkanes) is 3. The Balaban J connectivity index is 0.912. The van der Waals surface area contributed by atoms with Gasteiger partial charge in [-0.3, -0.25) is 9.98 Å². The second-order valence-corrected chi connectivity index (χ2v) is 20.7. The molecule has 0 N–H and O–H groups in total. The van der Waals surface area contributed by atoms with Crippen LogP contribution in [0.4, 0.5) is 0 Å². The lowest BCUT2D eigenvalue weighted by atomic mass is 9.73. The van der Waals surface area contributed by atoms with Gasteiger partial charge in [-0.2, -0.15) is 0 Å². The Kier molecular flexibility index (Phi) is 16.5. The molecule has 6 aliphatic carbocycles. The molecule has 0 atom stereocenters. The molecule has 0 unspecified atom stereocenters. The Bertz CT molecular complexity index is 1380. The lowest BCUT2D eigenvalue weighted by molar-refractivity contribution is 0.427. The van der Waals surface area contributed by atoms with Crippen LogP contribution in [0.5, 0.6) is 0 Å². The van der Waals surface area contributed by atoms with Crippen molar-refractivity contribution >= 4 is 12.4 Å². The first-order chi connectivity index (χ1) is 28.8. The number of hydrogen-bond acceptors (Lipinski definition) is 2. The topological polar surface area (TPSA) is 24.7 Å². The van der Waals surface area contributed by atoms with Crippen LogP contribution in [-0.2, 0) is 0 Å². The Morgan fingerprint density at radius 2 is 0.552 bits per heavy atom. The first-order valence-corrected chi connectivity index (χ1v) is 26.2. The van der Waals surface area contributed by atoms with Gasteiger partial charge in [-0.25, -0.2) is 0 Å². The molecule has 318 valence electrons. The normalized spacial score (nSPS) is 23.4. The minimum absolute atomic E-state index is 0.744. The van der Waals surface area contributed by atoms with E-state index in [9.17, 15) is 0 Å². The molecule has 58 heavy (non-hydrogen) atoms. The molecule has 2 aromatic carbocycles. The van der Waals surface area contributed by atoms with E-state index in [1.54, 1.807) is 44.5 Å². The predicted octanol–water partition coefficient (Wildman–Crippen LogP) is 17.1. The maximum Gasteiger partial charge on any atom is 0.0389 e. The molecule has 0 aliphatic heterocycles. The number of rotatable bonds is 15. The van der Waals surface area contributed by atoms with Crippen molar-refractivity contribution in [3.8, 4) is 0 Å². The van der Waals surface area contributed by atoms with Crippen molar-refractivity contribution in [3.63, 3.8) is 0 Å². The Morgan fingerprint density at radius 3 is 0.810 bits per heavy atom. The van der Waals surface area contributed by atoms with E-state index < -0.39 is 0 Å². The molecule has 0 spiro atoms. The third-order valence-corrected chi connectivity index (χ3v) is 16.6. The van der Waals surface area contributed by atoms with Crippen molar-refractivity contribution in [2.75, 3.05) is 13.1 Å². The largest absolute Gasteiger partial charge is 0.293 e. The summed E-state index contributed by atoms with van der Waals surface area (Å²) in [6.07, 6.45) is 52.1. The van der Waals surface area contributed by atoms with Gasteiger partial charge < -0.3 is 0 Å². The zero-order chi connectivity index (χ0) is 39.2. The van der Waals surface area contributed by atoms with Crippen LogP contribution < -0.4 is 0 Å². The summed E-state index contributed by atoms with van der Waals surface area (Å²) in [7, 11) is 0. The highest BCUT2D eigenvalue weighted by molar-refractivity contribution is 5.86. The number of aliphatic imine (C=N–C) groups is 2. The van der Waals surface area contributed by atoms with Crippen LogP contribution in [0.1, 0.15) is 298 Å². The summed E-state index contributed by atoms with van der Waals surface area (Å²) in [6.45, 7) is 1.95. The van der Waals surface area contributed by atoms with Crippen molar-refractivity contribution in [1.29, 1.82) is 0 Å². The molecule has 2 heteroatoms. The van der Waals surface area contributed by atoms with E-state index in [1.165, 1.54) is 218 Å². The molecule has 0 amide bonds. The highest BCUT2D eigenvalue weighted by Crippen LogP contribution is 2.45. The van der Waals surface area contributed by atoms with E-state index in [-0.39, 0.29) is 0 Å². The number of benzene rings is 2. The number of nitrogens with zero attached hydrogens (tertiary/aromatic N) is 2. The van der Waals surface area contributed by atoms with E-state index >= 15 is 0 Å². The molecule has 6 fully saturated rings. The van der Waals surface area contributed by atoms with E-state index in [0.29, 0.717) is 0 Å². The van der Waals surface area contributed by atoms with Gasteiger partial charge in [0.2, 0.25) is 0 Å². The van der Waals surface area contributed by atoms with Crippen molar-refractivity contribution in [2.45, 2.75) is 254 Å². The average molecular weight is 785 g/mol. The lowest BCUT2D eigenvalue weighted by Gasteiger charge is -2.31. The Morgan fingerprint density at radius 1 is 0.310 bits per heavy atom. The third kappa shape index (κ3) is 11.4. The quantitative estimate of drug-likeness (QED) is 0.127. The van der Waals surface area contributed by atoms with Crippen LogP contribution >= 0.6 is 0 Å². The molecule has 6 aliphatic rings. The van der Waals surface area contributed by atoms with Crippen molar-refractivity contribution in [1.82, 2.24) is 0 Å². The number of hydrogen-bond donors (Lipinski definition) is 0. The standard InChI is InChI=1S/C56H84N2/c1(21-35-57-41-55-51(45-27-13-5-14-28-45)37-49(43-23-9-3-10-24-43)38-52(55)46-29-15-6-16-30-46)2-22-36-58-42-56-53(47-31-17-7-18-32-47)39-50(44-25-11-4-12-26-44)40-54(56)48-33-19-8-20-34-48/h37-48H,1-36H2/b57-41+,58-42+. The molecule has 0 aromatic heterocycles. The fourth-order valence-electron chi connectivity index (χ4n) is 13.2. The molecule has 2 nitrogen and oxygen atoms in total. The maximum atomic E-state index is 5.26. The molecule has 0 bridgehead atoms. The molecular formula is C56H84N2. The summed E-state index contributed by atoms with van der Waals surface area (Å²) in [5.41, 5.74) is 13.3. The zero-order valence-electron chi connectivity index (χ0n) is 37.3. The molecule has 0 saturated heterocycles. The Labute approximate surface area is 356 Å². The van der Waals surface area contributed by atoms with Crippen molar-refractivity contribution < 1.29 is 0 Å². The van der Waals surface area contributed by atoms with Crippen molar-refractivity contribution in [3.05, 3.63) is 68.8 Å². The SMILES string of the molecule is C(=N\CCCCCC/N=C/c1c(C2CCCCC2)cc(C2CCCCC2)cc1C1CCCCC1)/c1c(C2CCCCC2)cc(C2CCCCC2)cc1C1CCCCC1. The van der Waals surface area contributed by atoms with Gasteiger partial charge in [0.05, 0.1) is 0 Å². The molecule has 8 rings (SSSR count). The van der Waals surface area contributed by atoms with E-state index in [4.69, 9.17) is 9.98 Å². The van der Waals surface area contributed by atoms with E-state index in [0.717, 1.165) is 48.6 Å². The predicted molar refractivity (Wildman–Crippen MR) is 251 cm³/mol. The van der Waals surface area contributed by atoms with Gasteiger partial charge >= 0.3 is 0 Å². The molecule has 0 heterocycles. The van der Waals surface area contributed by atoms with Gasteiger partial charge in [-0.1, -0.05) is 153 Å². The Hall–Kier alpha value is -2.22. The maximum absolute atomic E-state index is 5.26. The van der Waals surface area contributed by atoms with Gasteiger partial charge in [-0.05, 0) is 170 Å². The minimum atomic E-state index is 0.744. The second-order valence-electron chi connectivity index (χ2n) is 20.7. The summed E-state index contributed by atoms with van der Waals surface area (Å²) in [4.78, 5) is 10.5. The molecule has 2 aromatic rings. The van der Waals surface area contributed by atoms with Crippen molar-refractivity contribution in [2.24, 2.45) is 9.98 Å². The highest BCUT2D eigenvalue weighted by Gasteiger charge is 2.29. The summed E-state index contributed by atoms with van der Waals surface area (Å²) in [5.74, 6) is 4.56. The van der Waals surface area contributed by atoms with Crippen LogP contribution in [0.2, 0.25) is 0 Å². The molecular weight excluding hydrogens is 701 g/mol. The van der Waals surface area contributed by atoms with E-state index in [1.807, 2.05) is 0 Å². The summed E-state index contributed by atoms with van der Waals surface area (Å²) >= 11 is 0. The first kappa shape index (κ1) is 42.5. The van der Waals surface area contributed by atoms with Crippen LogP contribution in [0.15, 0.2) is 34.3 Å². The fraction of sp³-hybridized carbons (Fsp3) is 0.750. The highest BCUT2D eigenvalue weighted by atomic mass is 14.7. The smallest absolute Gasteiger partial charge is 0.0389 e. The summed E-state index contributed by atoms with van der Waals surface area (Å²) in [5, 5.41) is 0. The molecule has 6 saturated carbocycles. The third-order valence-electron chi connectivity index (χ3n) is 16.6. The van der Waals surface area contributed by atoms with Crippen LogP contribution in [0.3, 0.4) is 0 Å². The summed E-state index contributed by atoms with van der Waals surface area (Å²) < 4.78 is 0. The van der Waals surface area contributed by atoms with Crippen LogP contribution in [0.25, 0.3) is 0 Å². The van der Waals surface area contributed by atoms with Gasteiger partial charge in [0, 0.05) is 25.5 Å². The average Bonchev–Trinajstić information content (AvgIpc) is 3.31. The monoisotopic (exact) mass is 785 g/mol. The zero-order valence-corrected chi connectivity index (χ0v) is 37.3. The first-order valence-electron chi connectivity index (χ1n) is 26.2. The van der Waals surface area contributed by atoms with Gasteiger partial charge in [0.15, 0.2) is 0 Å². The fourth-order valence-corrected chi connectivity index (χ4v) is 13.2. The van der Waals surface area contributed by atoms with Crippen LogP contribution in [-0.4, -0.2) is 25.5 Å². The van der Waals surface area contributed by atoms with E-state index in [2.05, 4.69) is 36.7 Å². The summed E-state index contributed by atoms with van der Waals surface area (Å²) in [6, 6.07) is 10.9. The lowest BCUT2D eigenvalue weighted by Crippen LogP contribution is -2.16. The van der Waals surface area contributed by atoms with Gasteiger partial charge in [0.1, 0.15) is 0 Å². The minimum Gasteiger partial charge on any atom is -0.293 e. The van der Waals surface area contributed by atoms with Crippen LogP contribution in [0, 0.1) is 0 Å². The molecule has 0 radical (unpaired) electrons. The second kappa shape index (κ2) is 22.6. The van der Waals surface area contributed by atoms with Gasteiger partial charge in [0.25, 0.3) is 0 Å². The van der Waals surface area contributed by atoms with Gasteiger partial charge in [-0.15, -0.1) is 0 Å².